The van der Waals surface area contributed by atoms with Crippen LogP contribution < -0.4 is 5.32 Å². The van der Waals surface area contributed by atoms with Crippen molar-refractivity contribution < 1.29 is 4.92 Å². The van der Waals surface area contributed by atoms with Gasteiger partial charge in [0.15, 0.2) is 0 Å². The lowest BCUT2D eigenvalue weighted by molar-refractivity contribution is -0.384. The fourth-order valence-corrected chi connectivity index (χ4v) is 2.63. The summed E-state index contributed by atoms with van der Waals surface area (Å²) >= 11 is 15.2. The van der Waals surface area contributed by atoms with Crippen molar-refractivity contribution in [3.05, 3.63) is 66.6 Å². The number of nitrogens with one attached hydrogen (secondary N) is 1. The van der Waals surface area contributed by atoms with E-state index in [4.69, 9.17) is 23.2 Å². The molecular formula is C13H9BrCl2N2O2. The highest BCUT2D eigenvalue weighted by molar-refractivity contribution is 9.10. The summed E-state index contributed by atoms with van der Waals surface area (Å²) in [5, 5.41) is 15.0. The summed E-state index contributed by atoms with van der Waals surface area (Å²) < 4.78 is 0.747. The molecule has 0 bridgehead atoms. The highest BCUT2D eigenvalue weighted by Crippen LogP contribution is 2.28. The molecule has 0 atom stereocenters. The van der Waals surface area contributed by atoms with Crippen molar-refractivity contribution in [1.82, 2.24) is 0 Å². The Morgan fingerprint density at radius 2 is 1.80 bits per heavy atom. The molecule has 0 aromatic heterocycles. The standard InChI is InChI=1S/C13H9BrCl2N2O2/c14-12-2-1-11(18(19)20)6-13(12)17-7-8-3-9(15)5-10(16)4-8/h1-6,17H,7H2. The predicted octanol–water partition coefficient (Wildman–Crippen LogP) is 5.28. The van der Waals surface area contributed by atoms with Gasteiger partial charge in [-0.25, -0.2) is 0 Å². The topological polar surface area (TPSA) is 55.2 Å². The van der Waals surface area contributed by atoms with E-state index in [1.165, 1.54) is 12.1 Å². The van der Waals surface area contributed by atoms with Crippen molar-refractivity contribution in [2.45, 2.75) is 6.54 Å². The fraction of sp³-hybridized carbons (Fsp3) is 0.0769. The summed E-state index contributed by atoms with van der Waals surface area (Å²) in [6.07, 6.45) is 0. The normalized spacial score (nSPS) is 10.3. The van der Waals surface area contributed by atoms with E-state index < -0.39 is 4.92 Å². The van der Waals surface area contributed by atoms with E-state index in [1.54, 1.807) is 24.3 Å². The number of nitro groups is 1. The Kier molecular flexibility index (Phi) is 4.86. The third-order valence-electron chi connectivity index (χ3n) is 2.57. The highest BCUT2D eigenvalue weighted by Gasteiger charge is 2.09. The van der Waals surface area contributed by atoms with Crippen LogP contribution in [0.25, 0.3) is 0 Å². The SMILES string of the molecule is O=[N+]([O-])c1ccc(Br)c(NCc2cc(Cl)cc(Cl)c2)c1. The van der Waals surface area contributed by atoms with Gasteiger partial charge in [0.1, 0.15) is 0 Å². The number of hydrogen-bond acceptors (Lipinski definition) is 3. The molecule has 2 rings (SSSR count). The summed E-state index contributed by atoms with van der Waals surface area (Å²) in [5.41, 5.74) is 1.55. The van der Waals surface area contributed by atoms with E-state index >= 15 is 0 Å². The largest absolute Gasteiger partial charge is 0.380 e. The number of nitrogens with zero attached hydrogens (tertiary/aromatic N) is 1. The third-order valence-corrected chi connectivity index (χ3v) is 3.69. The molecule has 20 heavy (non-hydrogen) atoms. The molecule has 0 spiro atoms. The molecule has 0 aliphatic heterocycles. The number of non-ortho nitro benzene ring substituents is 1. The van der Waals surface area contributed by atoms with Crippen molar-refractivity contribution in [3.8, 4) is 0 Å². The van der Waals surface area contributed by atoms with Crippen molar-refractivity contribution in [1.29, 1.82) is 0 Å². The van der Waals surface area contributed by atoms with Gasteiger partial charge in [-0.3, -0.25) is 10.1 Å². The fourth-order valence-electron chi connectivity index (χ4n) is 1.67. The van der Waals surface area contributed by atoms with E-state index in [2.05, 4.69) is 21.2 Å². The van der Waals surface area contributed by atoms with Crippen LogP contribution in [0.2, 0.25) is 10.0 Å². The lowest BCUT2D eigenvalue weighted by Gasteiger charge is -2.09. The predicted molar refractivity (Wildman–Crippen MR) is 84.6 cm³/mol. The number of nitro benzene ring substituents is 1. The van der Waals surface area contributed by atoms with E-state index in [0.717, 1.165) is 10.0 Å². The summed E-state index contributed by atoms with van der Waals surface area (Å²) in [5.74, 6) is 0. The third kappa shape index (κ3) is 3.85. The summed E-state index contributed by atoms with van der Waals surface area (Å²) in [6, 6.07) is 9.75. The number of hydrogen-bond donors (Lipinski definition) is 1. The Morgan fingerprint density at radius 1 is 1.15 bits per heavy atom. The zero-order chi connectivity index (χ0) is 14.7. The van der Waals surface area contributed by atoms with Crippen LogP contribution in [0.15, 0.2) is 40.9 Å². The maximum Gasteiger partial charge on any atom is 0.271 e. The Morgan fingerprint density at radius 3 is 2.40 bits per heavy atom. The van der Waals surface area contributed by atoms with Gasteiger partial charge in [0, 0.05) is 33.2 Å². The van der Waals surface area contributed by atoms with Gasteiger partial charge in [0.2, 0.25) is 0 Å². The maximum atomic E-state index is 10.8. The monoisotopic (exact) mass is 374 g/mol. The smallest absolute Gasteiger partial charge is 0.271 e. The van der Waals surface area contributed by atoms with Gasteiger partial charge in [0.05, 0.1) is 10.6 Å². The number of rotatable bonds is 4. The van der Waals surface area contributed by atoms with Crippen LogP contribution in [0.3, 0.4) is 0 Å². The molecule has 0 saturated carbocycles. The molecule has 2 aromatic carbocycles. The van der Waals surface area contributed by atoms with E-state index in [-0.39, 0.29) is 5.69 Å². The molecule has 7 heteroatoms. The molecule has 0 saturated heterocycles. The zero-order valence-corrected chi connectivity index (χ0v) is 13.2. The second kappa shape index (κ2) is 6.43. The minimum absolute atomic E-state index is 0.0276. The van der Waals surface area contributed by atoms with Crippen LogP contribution in [-0.4, -0.2) is 4.92 Å². The van der Waals surface area contributed by atoms with Crippen molar-refractivity contribution in [2.75, 3.05) is 5.32 Å². The first-order valence-electron chi connectivity index (χ1n) is 5.58. The first kappa shape index (κ1) is 15.1. The van der Waals surface area contributed by atoms with Crippen LogP contribution in [0.5, 0.6) is 0 Å². The van der Waals surface area contributed by atoms with Crippen molar-refractivity contribution in [2.24, 2.45) is 0 Å². The van der Waals surface area contributed by atoms with E-state index in [0.29, 0.717) is 22.3 Å². The number of halogens is 3. The Balaban J connectivity index is 2.18. The molecular weight excluding hydrogens is 367 g/mol. The molecule has 1 N–H and O–H groups in total. The van der Waals surface area contributed by atoms with Gasteiger partial charge in [-0.15, -0.1) is 0 Å². The van der Waals surface area contributed by atoms with E-state index in [1.807, 2.05) is 0 Å². The van der Waals surface area contributed by atoms with Crippen molar-refractivity contribution in [3.63, 3.8) is 0 Å². The molecule has 0 aliphatic carbocycles. The Bertz CT molecular complexity index is 645. The van der Waals surface area contributed by atoms with Crippen LogP contribution in [0.1, 0.15) is 5.56 Å². The minimum Gasteiger partial charge on any atom is -0.380 e. The maximum absolute atomic E-state index is 10.8. The van der Waals surface area contributed by atoms with Crippen molar-refractivity contribution >= 4 is 50.5 Å². The Labute approximate surface area is 134 Å². The lowest BCUT2D eigenvalue weighted by Crippen LogP contribution is -2.01. The average Bonchev–Trinajstić information content (AvgIpc) is 2.36. The minimum atomic E-state index is -0.437. The summed E-state index contributed by atoms with van der Waals surface area (Å²) in [4.78, 5) is 10.3. The molecule has 0 fully saturated rings. The number of benzene rings is 2. The average molecular weight is 376 g/mol. The molecule has 0 heterocycles. The zero-order valence-electron chi connectivity index (χ0n) is 10.1. The summed E-state index contributed by atoms with van der Waals surface area (Å²) in [7, 11) is 0. The molecule has 4 nitrogen and oxygen atoms in total. The first-order chi connectivity index (χ1) is 9.45. The van der Waals surface area contributed by atoms with Gasteiger partial charge < -0.3 is 5.32 Å². The molecule has 0 amide bonds. The molecule has 2 aromatic rings. The van der Waals surface area contributed by atoms with Gasteiger partial charge in [0.25, 0.3) is 5.69 Å². The quantitative estimate of drug-likeness (QED) is 0.584. The van der Waals surface area contributed by atoms with Gasteiger partial charge in [-0.1, -0.05) is 23.2 Å². The molecule has 104 valence electrons. The van der Waals surface area contributed by atoms with Crippen LogP contribution in [-0.2, 0) is 6.54 Å². The summed E-state index contributed by atoms with van der Waals surface area (Å²) in [6.45, 7) is 0.458. The molecule has 0 radical (unpaired) electrons. The van der Waals surface area contributed by atoms with Gasteiger partial charge in [-0.2, -0.15) is 0 Å². The van der Waals surface area contributed by atoms with Gasteiger partial charge >= 0.3 is 0 Å². The first-order valence-corrected chi connectivity index (χ1v) is 7.13. The van der Waals surface area contributed by atoms with Crippen LogP contribution >= 0.6 is 39.1 Å². The second-order valence-corrected chi connectivity index (χ2v) is 5.78. The highest BCUT2D eigenvalue weighted by atomic mass is 79.9. The Hall–Kier alpha value is -1.30. The van der Waals surface area contributed by atoms with Crippen LogP contribution in [0.4, 0.5) is 11.4 Å². The van der Waals surface area contributed by atoms with Gasteiger partial charge in [-0.05, 0) is 45.8 Å². The lowest BCUT2D eigenvalue weighted by atomic mass is 10.2. The molecule has 0 unspecified atom stereocenters. The van der Waals surface area contributed by atoms with E-state index in [9.17, 15) is 10.1 Å². The van der Waals surface area contributed by atoms with Crippen LogP contribution in [0, 0.1) is 10.1 Å². The number of anilines is 1. The molecule has 0 aliphatic rings. The second-order valence-electron chi connectivity index (χ2n) is 4.05.